The Balaban J connectivity index is 0.00000338. The quantitative estimate of drug-likeness (QED) is 0.367. The lowest BCUT2D eigenvalue weighted by molar-refractivity contribution is 0.124. The fraction of sp³-hybridized carbons (Fsp3) is 0.333. The number of rotatable bonds is 5. The molecular formula is C18H24ClIN4O2. The highest BCUT2D eigenvalue weighted by Crippen LogP contribution is 2.27. The number of pyridine rings is 1. The van der Waals surface area contributed by atoms with Crippen molar-refractivity contribution in [1.29, 1.82) is 0 Å². The monoisotopic (exact) mass is 490 g/mol. The van der Waals surface area contributed by atoms with Crippen LogP contribution >= 0.6 is 35.6 Å². The average molecular weight is 491 g/mol. The van der Waals surface area contributed by atoms with Crippen molar-refractivity contribution in [1.82, 2.24) is 4.98 Å². The maximum Gasteiger partial charge on any atom is 0.213 e. The molecule has 0 fully saturated rings. The molecule has 0 saturated heterocycles. The Kier molecular flexibility index (Phi) is 8.42. The first kappa shape index (κ1) is 22.3. The number of halogens is 2. The third kappa shape index (κ3) is 7.25. The van der Waals surface area contributed by atoms with Gasteiger partial charge in [0.15, 0.2) is 5.96 Å². The third-order valence-corrected chi connectivity index (χ3v) is 3.36. The first-order valence-electron chi connectivity index (χ1n) is 7.81. The van der Waals surface area contributed by atoms with Gasteiger partial charge in [0.25, 0.3) is 0 Å². The van der Waals surface area contributed by atoms with Crippen LogP contribution in [0.4, 0.5) is 5.69 Å². The summed E-state index contributed by atoms with van der Waals surface area (Å²) < 4.78 is 10.8. The number of aliphatic imine (C=N–C) groups is 1. The maximum atomic E-state index is 6.08. The minimum Gasteiger partial charge on any atom is -0.495 e. The Morgan fingerprint density at radius 3 is 2.54 bits per heavy atom. The van der Waals surface area contributed by atoms with Gasteiger partial charge in [-0.2, -0.15) is 0 Å². The molecule has 1 heterocycles. The molecule has 2 aromatic rings. The summed E-state index contributed by atoms with van der Waals surface area (Å²) >= 11 is 6.08. The van der Waals surface area contributed by atoms with Crippen LogP contribution in [0.2, 0.25) is 5.02 Å². The molecule has 1 aromatic carbocycles. The molecule has 0 amide bonds. The number of benzene rings is 1. The number of guanidine groups is 1. The Bertz CT molecular complexity index is 746. The van der Waals surface area contributed by atoms with Crippen molar-refractivity contribution in [3.63, 3.8) is 0 Å². The molecule has 2 rings (SSSR count). The van der Waals surface area contributed by atoms with Crippen molar-refractivity contribution >= 4 is 47.2 Å². The first-order chi connectivity index (χ1) is 11.8. The average Bonchev–Trinajstić information content (AvgIpc) is 2.53. The van der Waals surface area contributed by atoms with Crippen LogP contribution in [-0.4, -0.2) is 23.7 Å². The van der Waals surface area contributed by atoms with Crippen LogP contribution < -0.4 is 20.5 Å². The molecule has 0 aliphatic carbocycles. The molecule has 142 valence electrons. The molecule has 0 aliphatic heterocycles. The lowest BCUT2D eigenvalue weighted by atomic mass is 10.2. The second-order valence-corrected chi connectivity index (χ2v) is 6.80. The number of nitrogens with zero attached hydrogens (tertiary/aromatic N) is 2. The molecule has 3 N–H and O–H groups in total. The first-order valence-corrected chi connectivity index (χ1v) is 8.19. The van der Waals surface area contributed by atoms with Gasteiger partial charge < -0.3 is 20.5 Å². The van der Waals surface area contributed by atoms with Crippen molar-refractivity contribution in [3.05, 3.63) is 47.1 Å². The van der Waals surface area contributed by atoms with Crippen LogP contribution in [0.25, 0.3) is 0 Å². The van der Waals surface area contributed by atoms with E-state index in [0.29, 0.717) is 23.2 Å². The summed E-state index contributed by atoms with van der Waals surface area (Å²) in [7, 11) is 1.57. The zero-order valence-corrected chi connectivity index (χ0v) is 18.3. The van der Waals surface area contributed by atoms with E-state index in [4.69, 9.17) is 26.8 Å². The van der Waals surface area contributed by atoms with E-state index < -0.39 is 0 Å². The number of anilines is 1. The van der Waals surface area contributed by atoms with Gasteiger partial charge in [-0.3, -0.25) is 0 Å². The molecule has 0 radical (unpaired) electrons. The summed E-state index contributed by atoms with van der Waals surface area (Å²) in [4.78, 5) is 8.57. The molecular weight excluding hydrogens is 467 g/mol. The minimum atomic E-state index is -0.277. The summed E-state index contributed by atoms with van der Waals surface area (Å²) in [6.45, 7) is 6.34. The van der Waals surface area contributed by atoms with E-state index in [0.717, 1.165) is 11.3 Å². The van der Waals surface area contributed by atoms with Crippen LogP contribution in [0.1, 0.15) is 26.3 Å². The van der Waals surface area contributed by atoms with E-state index in [9.17, 15) is 0 Å². The molecule has 8 heteroatoms. The van der Waals surface area contributed by atoms with E-state index in [1.165, 1.54) is 0 Å². The topological polar surface area (TPSA) is 81.8 Å². The zero-order valence-electron chi connectivity index (χ0n) is 15.2. The molecule has 0 saturated carbocycles. The Labute approximate surface area is 176 Å². The van der Waals surface area contributed by atoms with Crippen molar-refractivity contribution in [2.45, 2.75) is 32.9 Å². The Morgan fingerprint density at radius 2 is 2.00 bits per heavy atom. The Hall–Kier alpha value is -1.74. The fourth-order valence-corrected chi connectivity index (χ4v) is 2.24. The maximum absolute atomic E-state index is 6.08. The summed E-state index contributed by atoms with van der Waals surface area (Å²) in [6.07, 6.45) is 1.72. The summed E-state index contributed by atoms with van der Waals surface area (Å²) in [5.41, 5.74) is 7.29. The lowest BCUT2D eigenvalue weighted by Gasteiger charge is -2.20. The molecule has 26 heavy (non-hydrogen) atoms. The van der Waals surface area contributed by atoms with E-state index in [1.54, 1.807) is 25.4 Å². The number of hydrogen-bond acceptors (Lipinski definition) is 4. The predicted octanol–water partition coefficient (Wildman–Crippen LogP) is 4.47. The highest BCUT2D eigenvalue weighted by molar-refractivity contribution is 14.0. The normalized spacial score (nSPS) is 11.5. The predicted molar refractivity (Wildman–Crippen MR) is 117 cm³/mol. The van der Waals surface area contributed by atoms with E-state index >= 15 is 0 Å². The van der Waals surface area contributed by atoms with Gasteiger partial charge >= 0.3 is 0 Å². The minimum absolute atomic E-state index is 0. The smallest absolute Gasteiger partial charge is 0.213 e. The SMILES string of the molecule is COc1ccc(NC(N)=NCc2ccc(OC(C)(C)C)nc2)cc1Cl.I. The number of hydrogen-bond donors (Lipinski definition) is 2. The Morgan fingerprint density at radius 1 is 1.27 bits per heavy atom. The molecule has 6 nitrogen and oxygen atoms in total. The largest absolute Gasteiger partial charge is 0.495 e. The zero-order chi connectivity index (χ0) is 18.4. The van der Waals surface area contributed by atoms with Crippen LogP contribution in [0.15, 0.2) is 41.5 Å². The van der Waals surface area contributed by atoms with Crippen LogP contribution in [0, 0.1) is 0 Å². The number of ether oxygens (including phenoxy) is 2. The number of nitrogens with one attached hydrogen (secondary N) is 1. The number of methoxy groups -OCH3 is 1. The summed E-state index contributed by atoms with van der Waals surface area (Å²) in [6, 6.07) is 9.03. The molecule has 0 spiro atoms. The number of nitrogens with two attached hydrogens (primary N) is 1. The third-order valence-electron chi connectivity index (χ3n) is 3.06. The van der Waals surface area contributed by atoms with Gasteiger partial charge in [-0.25, -0.2) is 9.98 Å². The van der Waals surface area contributed by atoms with Crippen LogP contribution in [-0.2, 0) is 6.54 Å². The van der Waals surface area contributed by atoms with E-state index in [2.05, 4.69) is 15.3 Å². The molecule has 0 unspecified atom stereocenters. The standard InChI is InChI=1S/C18H23ClN4O2.HI/c1-18(2,3)25-16-8-5-12(10-21-16)11-22-17(20)23-13-6-7-15(24-4)14(19)9-13;/h5-10H,11H2,1-4H3,(H3,20,22,23);1H. The summed E-state index contributed by atoms with van der Waals surface area (Å²) in [5.74, 6) is 1.47. The highest BCUT2D eigenvalue weighted by atomic mass is 127. The van der Waals surface area contributed by atoms with Gasteiger partial charge in [0.1, 0.15) is 11.4 Å². The number of aromatic nitrogens is 1. The lowest BCUT2D eigenvalue weighted by Crippen LogP contribution is -2.23. The fourth-order valence-electron chi connectivity index (χ4n) is 1.99. The van der Waals surface area contributed by atoms with E-state index in [-0.39, 0.29) is 35.5 Å². The van der Waals surface area contributed by atoms with Crippen molar-refractivity contribution < 1.29 is 9.47 Å². The van der Waals surface area contributed by atoms with E-state index in [1.807, 2.05) is 39.0 Å². The van der Waals surface area contributed by atoms with Crippen LogP contribution in [0.3, 0.4) is 0 Å². The molecule has 0 atom stereocenters. The van der Waals surface area contributed by atoms with Crippen molar-refractivity contribution in [3.8, 4) is 11.6 Å². The second kappa shape index (κ2) is 9.82. The van der Waals surface area contributed by atoms with Crippen molar-refractivity contribution in [2.75, 3.05) is 12.4 Å². The van der Waals surface area contributed by atoms with Gasteiger partial charge in [0, 0.05) is 18.0 Å². The summed E-state index contributed by atoms with van der Waals surface area (Å²) in [5, 5.41) is 3.49. The van der Waals surface area contributed by atoms with Gasteiger partial charge in [-0.1, -0.05) is 17.7 Å². The second-order valence-electron chi connectivity index (χ2n) is 6.39. The van der Waals surface area contributed by atoms with Crippen molar-refractivity contribution in [2.24, 2.45) is 10.7 Å². The molecule has 0 aliphatic rings. The van der Waals surface area contributed by atoms with Gasteiger partial charge in [0.05, 0.1) is 18.7 Å². The molecule has 1 aromatic heterocycles. The van der Waals surface area contributed by atoms with Gasteiger partial charge in [0.2, 0.25) is 5.88 Å². The highest BCUT2D eigenvalue weighted by Gasteiger charge is 2.12. The van der Waals surface area contributed by atoms with Crippen LogP contribution in [0.5, 0.6) is 11.6 Å². The molecule has 0 bridgehead atoms. The van der Waals surface area contributed by atoms with Gasteiger partial charge in [-0.15, -0.1) is 24.0 Å². The van der Waals surface area contributed by atoms with Gasteiger partial charge in [-0.05, 0) is 44.5 Å².